The van der Waals surface area contributed by atoms with Gasteiger partial charge in [0.1, 0.15) is 11.3 Å². The first-order chi connectivity index (χ1) is 19.8. The van der Waals surface area contributed by atoms with Crippen LogP contribution in [0, 0.1) is 0 Å². The minimum atomic E-state index is 0.225. The molecule has 10 heteroatoms. The van der Waals surface area contributed by atoms with Crippen LogP contribution >= 0.6 is 0 Å². The zero-order valence-corrected chi connectivity index (χ0v) is 21.6. The molecule has 1 aliphatic heterocycles. The molecule has 8 rings (SSSR count). The Morgan fingerprint density at radius 3 is 2.62 bits per heavy atom. The highest BCUT2D eigenvalue weighted by Crippen LogP contribution is 2.38. The van der Waals surface area contributed by atoms with Crippen LogP contribution in [0.25, 0.3) is 56.0 Å². The highest BCUT2D eigenvalue weighted by molar-refractivity contribution is 5.96. The monoisotopic (exact) mass is 531 g/mol. The lowest BCUT2D eigenvalue weighted by Gasteiger charge is -2.22. The number of aromatic nitrogens is 7. The molecule has 10 nitrogen and oxygen atoms in total. The average molecular weight is 532 g/mol. The lowest BCUT2D eigenvalue weighted by molar-refractivity contribution is 0.154. The van der Waals surface area contributed by atoms with Crippen LogP contribution in [0.3, 0.4) is 0 Å². The molecule has 0 amide bonds. The number of nitrogens with zero attached hydrogens (tertiary/aromatic N) is 5. The molecular weight excluding hydrogens is 506 g/mol. The fraction of sp³-hybridized carbons (Fsp3) is 0.233. The smallest absolute Gasteiger partial charge is 0.231 e. The number of hydrogen-bond acceptors (Lipinski definition) is 8. The number of ether oxygens (including phenoxy) is 3. The molecule has 6 aromatic rings. The van der Waals surface area contributed by atoms with Crippen LogP contribution in [0.4, 0.5) is 0 Å². The second-order valence-corrected chi connectivity index (χ2v) is 10.2. The summed E-state index contributed by atoms with van der Waals surface area (Å²) in [4.78, 5) is 22.2. The zero-order chi connectivity index (χ0) is 26.5. The van der Waals surface area contributed by atoms with Crippen LogP contribution < -0.4 is 14.2 Å². The van der Waals surface area contributed by atoms with Gasteiger partial charge in [-0.2, -0.15) is 5.10 Å². The van der Waals surface area contributed by atoms with E-state index in [2.05, 4.69) is 25.1 Å². The average Bonchev–Trinajstić information content (AvgIpc) is 3.75. The Morgan fingerprint density at radius 2 is 1.68 bits per heavy atom. The number of rotatable bonds is 5. The van der Waals surface area contributed by atoms with E-state index >= 15 is 0 Å². The largest absolute Gasteiger partial charge is 0.489 e. The molecule has 0 unspecified atom stereocenters. The van der Waals surface area contributed by atoms with E-state index in [-0.39, 0.29) is 12.9 Å². The van der Waals surface area contributed by atoms with Crippen molar-refractivity contribution in [3.05, 3.63) is 61.2 Å². The number of imidazole rings is 1. The molecular formula is C30H25N7O3. The first-order valence-electron chi connectivity index (χ1n) is 13.5. The van der Waals surface area contributed by atoms with Crippen molar-refractivity contribution < 1.29 is 14.2 Å². The van der Waals surface area contributed by atoms with Gasteiger partial charge in [0.2, 0.25) is 6.79 Å². The number of hydrogen-bond donors (Lipinski definition) is 2. The minimum Gasteiger partial charge on any atom is -0.489 e. The van der Waals surface area contributed by atoms with Gasteiger partial charge in [0.25, 0.3) is 0 Å². The van der Waals surface area contributed by atoms with Crippen LogP contribution in [0.1, 0.15) is 32.1 Å². The molecule has 1 fully saturated rings. The van der Waals surface area contributed by atoms with Gasteiger partial charge in [0, 0.05) is 23.5 Å². The maximum absolute atomic E-state index is 6.24. The molecule has 198 valence electrons. The maximum atomic E-state index is 6.24. The van der Waals surface area contributed by atoms with Crippen molar-refractivity contribution in [1.82, 2.24) is 35.1 Å². The first-order valence-corrected chi connectivity index (χ1v) is 13.5. The third-order valence-corrected chi connectivity index (χ3v) is 7.57. The lowest BCUT2D eigenvalue weighted by Crippen LogP contribution is -2.19. The highest BCUT2D eigenvalue weighted by Gasteiger charge is 2.20. The summed E-state index contributed by atoms with van der Waals surface area (Å²) in [5, 5.41) is 7.65. The molecule has 5 aromatic heterocycles. The van der Waals surface area contributed by atoms with Crippen LogP contribution in [-0.2, 0) is 0 Å². The third kappa shape index (κ3) is 4.00. The molecule has 0 atom stereocenters. The van der Waals surface area contributed by atoms with Gasteiger partial charge in [-0.15, -0.1) is 0 Å². The third-order valence-electron chi connectivity index (χ3n) is 7.57. The Morgan fingerprint density at radius 1 is 0.775 bits per heavy atom. The van der Waals surface area contributed by atoms with Crippen molar-refractivity contribution in [3.63, 3.8) is 0 Å². The van der Waals surface area contributed by atoms with Gasteiger partial charge in [-0.05, 0) is 61.6 Å². The minimum absolute atomic E-state index is 0.225. The van der Waals surface area contributed by atoms with Gasteiger partial charge >= 0.3 is 0 Å². The second-order valence-electron chi connectivity index (χ2n) is 10.2. The van der Waals surface area contributed by atoms with E-state index in [0.717, 1.165) is 63.3 Å². The summed E-state index contributed by atoms with van der Waals surface area (Å²) in [5.74, 6) is 2.83. The summed E-state index contributed by atoms with van der Waals surface area (Å²) >= 11 is 0. The number of nitrogens with one attached hydrogen (secondary N) is 2. The van der Waals surface area contributed by atoms with Gasteiger partial charge in [-0.1, -0.05) is 12.5 Å². The van der Waals surface area contributed by atoms with Gasteiger partial charge in [-0.3, -0.25) is 15.1 Å². The lowest BCUT2D eigenvalue weighted by atomic mass is 9.98. The van der Waals surface area contributed by atoms with E-state index in [9.17, 15) is 0 Å². The quantitative estimate of drug-likeness (QED) is 0.275. The van der Waals surface area contributed by atoms with Gasteiger partial charge in [-0.25, -0.2) is 9.97 Å². The van der Waals surface area contributed by atoms with E-state index in [4.69, 9.17) is 24.2 Å². The number of benzene rings is 1. The van der Waals surface area contributed by atoms with Crippen molar-refractivity contribution in [3.8, 4) is 51.2 Å². The number of H-pyrrole nitrogens is 2. The number of fused-ring (bicyclic) bond motifs is 3. The Bertz CT molecular complexity index is 1870. The SMILES string of the molecule is c1ncc(-c2ccc3[nH]nc(-c4nc5c(-c6ccc7c(c6)OCO7)cncc5[nH]4)c3n2)cc1OC1CCCCC1. The van der Waals surface area contributed by atoms with Crippen LogP contribution in [-0.4, -0.2) is 48.0 Å². The summed E-state index contributed by atoms with van der Waals surface area (Å²) in [6.07, 6.45) is 13.3. The normalized spacial score (nSPS) is 15.2. The molecule has 40 heavy (non-hydrogen) atoms. The molecule has 1 aromatic carbocycles. The molecule has 2 aliphatic rings. The van der Waals surface area contributed by atoms with E-state index in [0.29, 0.717) is 22.8 Å². The highest BCUT2D eigenvalue weighted by atomic mass is 16.7. The molecule has 0 bridgehead atoms. The van der Waals surface area contributed by atoms with Gasteiger partial charge < -0.3 is 19.2 Å². The maximum Gasteiger partial charge on any atom is 0.231 e. The van der Waals surface area contributed by atoms with Crippen molar-refractivity contribution in [1.29, 1.82) is 0 Å². The topological polar surface area (TPSA) is 124 Å². The van der Waals surface area contributed by atoms with E-state index in [1.54, 1.807) is 18.6 Å². The van der Waals surface area contributed by atoms with Crippen molar-refractivity contribution >= 4 is 22.1 Å². The molecule has 0 radical (unpaired) electrons. The second kappa shape index (κ2) is 9.33. The fourth-order valence-corrected chi connectivity index (χ4v) is 5.54. The van der Waals surface area contributed by atoms with Crippen molar-refractivity contribution in [2.45, 2.75) is 38.2 Å². The Hall–Kier alpha value is -4.99. The van der Waals surface area contributed by atoms with Crippen LogP contribution in [0.2, 0.25) is 0 Å². The summed E-state index contributed by atoms with van der Waals surface area (Å²) in [6.45, 7) is 0.225. The first kappa shape index (κ1) is 22.9. The Kier molecular flexibility index (Phi) is 5.35. The van der Waals surface area contributed by atoms with E-state index in [1.165, 1.54) is 19.3 Å². The predicted molar refractivity (Wildman–Crippen MR) is 149 cm³/mol. The Balaban J connectivity index is 1.16. The number of pyridine rings is 3. The molecule has 0 saturated heterocycles. The van der Waals surface area contributed by atoms with Crippen molar-refractivity contribution in [2.24, 2.45) is 0 Å². The summed E-state index contributed by atoms with van der Waals surface area (Å²) in [6, 6.07) is 11.8. The molecule has 6 heterocycles. The molecule has 0 spiro atoms. The molecule has 1 aliphatic carbocycles. The van der Waals surface area contributed by atoms with Gasteiger partial charge in [0.05, 0.1) is 40.7 Å². The van der Waals surface area contributed by atoms with Gasteiger partial charge in [0.15, 0.2) is 23.0 Å². The van der Waals surface area contributed by atoms with E-state index < -0.39 is 0 Å². The zero-order valence-electron chi connectivity index (χ0n) is 21.6. The predicted octanol–water partition coefficient (Wildman–Crippen LogP) is 6.07. The van der Waals surface area contributed by atoms with Crippen molar-refractivity contribution in [2.75, 3.05) is 6.79 Å². The van der Waals surface area contributed by atoms with Crippen LogP contribution in [0.5, 0.6) is 17.2 Å². The summed E-state index contributed by atoms with van der Waals surface area (Å²) in [5.41, 5.74) is 7.25. The molecule has 2 N–H and O–H groups in total. The fourth-order valence-electron chi connectivity index (χ4n) is 5.54. The molecule has 1 saturated carbocycles. The summed E-state index contributed by atoms with van der Waals surface area (Å²) < 4.78 is 17.3. The standard InChI is InChI=1S/C30H25N7O3/c1-2-4-19(5-3-1)40-20-10-18(12-31-13-20)22-7-8-23-28(33-22)29(37-36-23)30-34-24-15-32-14-21(27(24)35-30)17-6-9-25-26(11-17)39-16-38-25/h6-15,19H,1-5,16H2,(H,34,35)(H,36,37). The Labute approximate surface area is 228 Å². The number of aromatic amines is 2. The summed E-state index contributed by atoms with van der Waals surface area (Å²) in [7, 11) is 0. The van der Waals surface area contributed by atoms with E-state index in [1.807, 2.05) is 42.6 Å². The van der Waals surface area contributed by atoms with Crippen LogP contribution in [0.15, 0.2) is 61.2 Å².